The summed E-state index contributed by atoms with van der Waals surface area (Å²) in [6.45, 7) is 3.90. The van der Waals surface area contributed by atoms with Gasteiger partial charge in [-0.2, -0.15) is 0 Å². The van der Waals surface area contributed by atoms with Crippen molar-refractivity contribution in [2.45, 2.75) is 19.0 Å². The maximum atomic E-state index is 5.11. The molecule has 0 bridgehead atoms. The number of hydrogen-bond donors (Lipinski definition) is 1. The van der Waals surface area contributed by atoms with E-state index in [0.717, 1.165) is 13.2 Å². The van der Waals surface area contributed by atoms with Gasteiger partial charge in [0.1, 0.15) is 0 Å². The van der Waals surface area contributed by atoms with Gasteiger partial charge in [-0.15, -0.1) is 12.4 Å². The lowest BCUT2D eigenvalue weighted by molar-refractivity contribution is -0.00925. The molecule has 0 spiro atoms. The van der Waals surface area contributed by atoms with E-state index in [1.807, 2.05) is 6.07 Å². The average Bonchev–Trinajstić information content (AvgIpc) is 2.12. The molecule has 0 amide bonds. The zero-order valence-corrected chi connectivity index (χ0v) is 9.09. The molecule has 78 valence electrons. The van der Waals surface area contributed by atoms with Crippen LogP contribution in [0.5, 0.6) is 0 Å². The number of ether oxygens (including phenoxy) is 1. The molecule has 1 atom stereocenters. The molecule has 1 aromatic carbocycles. The standard InChI is InChI=1S/C11H15NO.ClH/c1-9(12-11-7-13-8-11)10-5-3-2-4-6-10;/h2-6,9,11-12H,7-8H2,1H3;1H/t9-;/m1./s1. The summed E-state index contributed by atoms with van der Waals surface area (Å²) in [4.78, 5) is 0. The molecule has 1 saturated heterocycles. The minimum Gasteiger partial charge on any atom is -0.378 e. The van der Waals surface area contributed by atoms with E-state index < -0.39 is 0 Å². The second-order valence-electron chi connectivity index (χ2n) is 3.53. The Bertz CT molecular complexity index is 261. The Morgan fingerprint density at radius 1 is 1.29 bits per heavy atom. The molecule has 3 heteroatoms. The third kappa shape index (κ3) is 2.71. The molecule has 14 heavy (non-hydrogen) atoms. The van der Waals surface area contributed by atoms with Gasteiger partial charge >= 0.3 is 0 Å². The summed E-state index contributed by atoms with van der Waals surface area (Å²) in [7, 11) is 0. The fourth-order valence-corrected chi connectivity index (χ4v) is 1.52. The summed E-state index contributed by atoms with van der Waals surface area (Å²) in [6, 6.07) is 11.5. The van der Waals surface area contributed by atoms with E-state index in [4.69, 9.17) is 4.74 Å². The molecule has 0 radical (unpaired) electrons. The van der Waals surface area contributed by atoms with Crippen molar-refractivity contribution in [3.63, 3.8) is 0 Å². The quantitative estimate of drug-likeness (QED) is 0.831. The van der Waals surface area contributed by atoms with E-state index in [1.54, 1.807) is 0 Å². The van der Waals surface area contributed by atoms with Gasteiger partial charge in [0.2, 0.25) is 0 Å². The van der Waals surface area contributed by atoms with Gasteiger partial charge in [-0.25, -0.2) is 0 Å². The van der Waals surface area contributed by atoms with Crippen LogP contribution in [0.25, 0.3) is 0 Å². The van der Waals surface area contributed by atoms with Crippen molar-refractivity contribution in [3.8, 4) is 0 Å². The van der Waals surface area contributed by atoms with Crippen LogP contribution in [0.15, 0.2) is 30.3 Å². The van der Waals surface area contributed by atoms with Crippen LogP contribution in [0.3, 0.4) is 0 Å². The van der Waals surface area contributed by atoms with Gasteiger partial charge in [0.05, 0.1) is 19.3 Å². The van der Waals surface area contributed by atoms with Crippen molar-refractivity contribution < 1.29 is 4.74 Å². The Balaban J connectivity index is 0.000000980. The second-order valence-corrected chi connectivity index (χ2v) is 3.53. The van der Waals surface area contributed by atoms with Gasteiger partial charge in [-0.1, -0.05) is 30.3 Å². The predicted molar refractivity (Wildman–Crippen MR) is 59.8 cm³/mol. The van der Waals surface area contributed by atoms with Crippen LogP contribution < -0.4 is 5.32 Å². The van der Waals surface area contributed by atoms with Crippen LogP contribution in [0.1, 0.15) is 18.5 Å². The zero-order chi connectivity index (χ0) is 9.10. The molecule has 1 aliphatic heterocycles. The van der Waals surface area contributed by atoms with Gasteiger partial charge in [0.15, 0.2) is 0 Å². The van der Waals surface area contributed by atoms with Crippen molar-refractivity contribution in [2.24, 2.45) is 0 Å². The molecule has 0 aromatic heterocycles. The first-order valence-corrected chi connectivity index (χ1v) is 4.75. The monoisotopic (exact) mass is 213 g/mol. The normalized spacial score (nSPS) is 18.1. The number of benzene rings is 1. The van der Waals surface area contributed by atoms with E-state index in [1.165, 1.54) is 5.56 Å². The Morgan fingerprint density at radius 3 is 2.43 bits per heavy atom. The molecule has 1 fully saturated rings. The zero-order valence-electron chi connectivity index (χ0n) is 8.27. The predicted octanol–water partition coefficient (Wildman–Crippen LogP) is 2.16. The van der Waals surface area contributed by atoms with Crippen LogP contribution >= 0.6 is 12.4 Å². The fraction of sp³-hybridized carbons (Fsp3) is 0.455. The van der Waals surface area contributed by atoms with Crippen molar-refractivity contribution in [1.29, 1.82) is 0 Å². The third-order valence-corrected chi connectivity index (χ3v) is 2.42. The number of hydrogen-bond acceptors (Lipinski definition) is 2. The van der Waals surface area contributed by atoms with Crippen molar-refractivity contribution >= 4 is 12.4 Å². The minimum absolute atomic E-state index is 0. The van der Waals surface area contributed by atoms with E-state index in [0.29, 0.717) is 12.1 Å². The SMILES string of the molecule is C[C@@H](NC1COC1)c1ccccc1.Cl. The molecule has 1 heterocycles. The molecule has 1 N–H and O–H groups in total. The van der Waals surface area contributed by atoms with Crippen LogP contribution in [0.4, 0.5) is 0 Å². The lowest BCUT2D eigenvalue weighted by atomic mass is 10.1. The van der Waals surface area contributed by atoms with Gasteiger partial charge < -0.3 is 10.1 Å². The molecular formula is C11H16ClNO. The number of halogens is 1. The molecule has 2 rings (SSSR count). The topological polar surface area (TPSA) is 21.3 Å². The maximum Gasteiger partial charge on any atom is 0.0643 e. The van der Waals surface area contributed by atoms with Crippen molar-refractivity contribution in [3.05, 3.63) is 35.9 Å². The Labute approximate surface area is 91.1 Å². The van der Waals surface area contributed by atoms with Crippen LogP contribution in [0.2, 0.25) is 0 Å². The molecule has 0 saturated carbocycles. The highest BCUT2D eigenvalue weighted by Crippen LogP contribution is 2.13. The molecule has 2 nitrogen and oxygen atoms in total. The maximum absolute atomic E-state index is 5.11. The Hall–Kier alpha value is -0.570. The average molecular weight is 214 g/mol. The number of nitrogens with one attached hydrogen (secondary N) is 1. The molecule has 0 unspecified atom stereocenters. The first-order valence-electron chi connectivity index (χ1n) is 4.75. The molecule has 0 aliphatic carbocycles. The van der Waals surface area contributed by atoms with Crippen LogP contribution in [-0.2, 0) is 4.74 Å². The molecule has 1 aromatic rings. The summed E-state index contributed by atoms with van der Waals surface area (Å²) in [5, 5.41) is 3.51. The molecular weight excluding hydrogens is 198 g/mol. The van der Waals surface area contributed by atoms with E-state index in [2.05, 4.69) is 36.5 Å². The first kappa shape index (κ1) is 11.5. The van der Waals surface area contributed by atoms with Crippen LogP contribution in [-0.4, -0.2) is 19.3 Å². The van der Waals surface area contributed by atoms with Gasteiger partial charge in [0.25, 0.3) is 0 Å². The lowest BCUT2D eigenvalue weighted by Gasteiger charge is -2.30. The summed E-state index contributed by atoms with van der Waals surface area (Å²) >= 11 is 0. The second kappa shape index (κ2) is 5.35. The van der Waals surface area contributed by atoms with Gasteiger partial charge in [-0.3, -0.25) is 0 Å². The van der Waals surface area contributed by atoms with E-state index in [-0.39, 0.29) is 12.4 Å². The van der Waals surface area contributed by atoms with E-state index >= 15 is 0 Å². The summed E-state index contributed by atoms with van der Waals surface area (Å²) in [5.41, 5.74) is 1.34. The largest absolute Gasteiger partial charge is 0.378 e. The Morgan fingerprint density at radius 2 is 1.93 bits per heavy atom. The summed E-state index contributed by atoms with van der Waals surface area (Å²) < 4.78 is 5.11. The summed E-state index contributed by atoms with van der Waals surface area (Å²) in [6.07, 6.45) is 0. The van der Waals surface area contributed by atoms with Crippen LogP contribution in [0, 0.1) is 0 Å². The van der Waals surface area contributed by atoms with Crippen molar-refractivity contribution in [2.75, 3.05) is 13.2 Å². The number of rotatable bonds is 3. The lowest BCUT2D eigenvalue weighted by Crippen LogP contribution is -2.46. The fourth-order valence-electron chi connectivity index (χ4n) is 1.52. The minimum atomic E-state index is 0. The first-order chi connectivity index (χ1) is 6.36. The Kier molecular flexibility index (Phi) is 4.39. The summed E-state index contributed by atoms with van der Waals surface area (Å²) in [5.74, 6) is 0. The van der Waals surface area contributed by atoms with Gasteiger partial charge in [-0.05, 0) is 12.5 Å². The van der Waals surface area contributed by atoms with E-state index in [9.17, 15) is 0 Å². The highest BCUT2D eigenvalue weighted by Gasteiger charge is 2.20. The highest BCUT2D eigenvalue weighted by molar-refractivity contribution is 5.85. The molecule has 1 aliphatic rings. The smallest absolute Gasteiger partial charge is 0.0643 e. The third-order valence-electron chi connectivity index (χ3n) is 2.42. The van der Waals surface area contributed by atoms with Gasteiger partial charge in [0, 0.05) is 6.04 Å². The van der Waals surface area contributed by atoms with Crippen molar-refractivity contribution in [1.82, 2.24) is 5.32 Å². The highest BCUT2D eigenvalue weighted by atomic mass is 35.5.